The second-order valence-electron chi connectivity index (χ2n) is 5.71. The maximum atomic E-state index is 10.5. The minimum Gasteiger partial charge on any atom is -0.492 e. The van der Waals surface area contributed by atoms with E-state index in [1.807, 2.05) is 6.07 Å². The summed E-state index contributed by atoms with van der Waals surface area (Å²) in [5, 5.41) is 15.1. The van der Waals surface area contributed by atoms with Gasteiger partial charge in [-0.1, -0.05) is 23.2 Å². The van der Waals surface area contributed by atoms with Crippen molar-refractivity contribution in [3.63, 3.8) is 0 Å². The van der Waals surface area contributed by atoms with Gasteiger partial charge in [-0.15, -0.1) is 0 Å². The molecule has 0 aromatic heterocycles. The van der Waals surface area contributed by atoms with Gasteiger partial charge in [0.25, 0.3) is 0 Å². The lowest BCUT2D eigenvalue weighted by molar-refractivity contribution is -0.0632. The maximum Gasteiger partial charge on any atom is 0.142 e. The Kier molecular flexibility index (Phi) is 4.62. The van der Waals surface area contributed by atoms with Crippen molar-refractivity contribution in [2.45, 2.75) is 30.9 Å². The van der Waals surface area contributed by atoms with E-state index in [1.54, 1.807) is 6.07 Å². The summed E-state index contributed by atoms with van der Waals surface area (Å²) in [5.41, 5.74) is 0.272. The van der Waals surface area contributed by atoms with Crippen molar-refractivity contribution >= 4 is 23.2 Å². The van der Waals surface area contributed by atoms with Gasteiger partial charge in [0.1, 0.15) is 5.75 Å². The summed E-state index contributed by atoms with van der Waals surface area (Å²) in [7, 11) is 0. The van der Waals surface area contributed by atoms with Gasteiger partial charge in [0.05, 0.1) is 17.2 Å². The summed E-state index contributed by atoms with van der Waals surface area (Å²) in [6.45, 7) is 2.36. The van der Waals surface area contributed by atoms with Crippen LogP contribution in [-0.2, 0) is 4.74 Å². The molecule has 1 fully saturated rings. The minimum absolute atomic E-state index is 0.0943. The van der Waals surface area contributed by atoms with Crippen LogP contribution in [-0.4, -0.2) is 37.1 Å². The number of aliphatic hydroxyl groups is 1. The molecule has 0 radical (unpaired) electrons. The quantitative estimate of drug-likeness (QED) is 0.894. The molecule has 2 N–H and O–H groups in total. The molecule has 4 nitrogen and oxygen atoms in total. The van der Waals surface area contributed by atoms with Crippen LogP contribution < -0.4 is 10.1 Å². The van der Waals surface area contributed by atoms with Crippen molar-refractivity contribution in [1.29, 1.82) is 0 Å². The molecule has 1 atom stereocenters. The number of ether oxygens (including phenoxy) is 2. The molecule has 0 saturated carbocycles. The Morgan fingerprint density at radius 2 is 2.00 bits per heavy atom. The Hall–Kier alpha value is -0.520. The van der Waals surface area contributed by atoms with E-state index in [0.717, 1.165) is 12.0 Å². The van der Waals surface area contributed by atoms with Gasteiger partial charge in [-0.3, -0.25) is 0 Å². The smallest absolute Gasteiger partial charge is 0.142 e. The highest BCUT2D eigenvalue weighted by Crippen LogP contribution is 2.40. The van der Waals surface area contributed by atoms with Crippen LogP contribution in [0.25, 0.3) is 0 Å². The SMILES string of the molecule is OC1(CNC2CCOc3c(Cl)cc(Cl)cc32)CCOCC1. The van der Waals surface area contributed by atoms with Gasteiger partial charge in [0.15, 0.2) is 0 Å². The zero-order chi connectivity index (χ0) is 14.9. The van der Waals surface area contributed by atoms with Crippen molar-refractivity contribution in [2.24, 2.45) is 0 Å². The minimum atomic E-state index is -0.695. The monoisotopic (exact) mass is 331 g/mol. The number of hydrogen-bond acceptors (Lipinski definition) is 4. The molecule has 116 valence electrons. The normalized spacial score (nSPS) is 24.2. The van der Waals surface area contributed by atoms with Gasteiger partial charge in [-0.05, 0) is 12.1 Å². The fraction of sp³-hybridized carbons (Fsp3) is 0.600. The van der Waals surface area contributed by atoms with Gasteiger partial charge < -0.3 is 19.9 Å². The second kappa shape index (κ2) is 6.31. The molecule has 1 saturated heterocycles. The Balaban J connectivity index is 1.73. The summed E-state index contributed by atoms with van der Waals surface area (Å²) in [4.78, 5) is 0. The number of benzene rings is 1. The summed E-state index contributed by atoms with van der Waals surface area (Å²) in [6.07, 6.45) is 2.15. The number of fused-ring (bicyclic) bond motifs is 1. The van der Waals surface area contributed by atoms with Crippen LogP contribution in [0.4, 0.5) is 0 Å². The van der Waals surface area contributed by atoms with Gasteiger partial charge in [0.2, 0.25) is 0 Å². The Morgan fingerprint density at radius 3 is 2.76 bits per heavy atom. The summed E-state index contributed by atoms with van der Waals surface area (Å²) in [5.74, 6) is 0.698. The van der Waals surface area contributed by atoms with Gasteiger partial charge in [-0.25, -0.2) is 0 Å². The molecule has 1 aromatic rings. The fourth-order valence-corrected chi connectivity index (χ4v) is 3.44. The first-order valence-electron chi connectivity index (χ1n) is 7.23. The molecule has 1 unspecified atom stereocenters. The zero-order valence-electron chi connectivity index (χ0n) is 11.7. The largest absolute Gasteiger partial charge is 0.492 e. The molecule has 0 spiro atoms. The van der Waals surface area contributed by atoms with Crippen LogP contribution >= 0.6 is 23.2 Å². The Bertz CT molecular complexity index is 518. The molecule has 0 aliphatic carbocycles. The highest BCUT2D eigenvalue weighted by atomic mass is 35.5. The molecule has 3 rings (SSSR count). The first-order valence-corrected chi connectivity index (χ1v) is 7.98. The third-order valence-corrected chi connectivity index (χ3v) is 4.67. The van der Waals surface area contributed by atoms with Gasteiger partial charge >= 0.3 is 0 Å². The molecule has 6 heteroatoms. The fourth-order valence-electron chi connectivity index (χ4n) is 2.88. The van der Waals surface area contributed by atoms with Gasteiger partial charge in [0, 0.05) is 55.6 Å². The Labute approximate surface area is 134 Å². The second-order valence-corrected chi connectivity index (χ2v) is 6.56. The number of nitrogens with one attached hydrogen (secondary N) is 1. The van der Waals surface area contributed by atoms with E-state index in [9.17, 15) is 5.11 Å². The summed E-state index contributed by atoms with van der Waals surface area (Å²) >= 11 is 12.3. The third kappa shape index (κ3) is 3.46. The lowest BCUT2D eigenvalue weighted by atomic mass is 9.93. The molecular formula is C15H19Cl2NO3. The van der Waals surface area contributed by atoms with E-state index in [-0.39, 0.29) is 6.04 Å². The van der Waals surface area contributed by atoms with Crippen molar-refractivity contribution < 1.29 is 14.6 Å². The van der Waals surface area contributed by atoms with Crippen molar-refractivity contribution in [3.8, 4) is 5.75 Å². The van der Waals surface area contributed by atoms with E-state index in [0.29, 0.717) is 55.0 Å². The van der Waals surface area contributed by atoms with Crippen LogP contribution in [0.15, 0.2) is 12.1 Å². The molecule has 1 aromatic carbocycles. The lowest BCUT2D eigenvalue weighted by Crippen LogP contribution is -2.46. The van der Waals surface area contributed by atoms with Crippen LogP contribution in [0.5, 0.6) is 5.75 Å². The van der Waals surface area contributed by atoms with Crippen LogP contribution in [0.2, 0.25) is 10.0 Å². The zero-order valence-corrected chi connectivity index (χ0v) is 13.2. The number of hydrogen-bond donors (Lipinski definition) is 2. The predicted octanol–water partition coefficient (Wildman–Crippen LogP) is 2.95. The molecule has 21 heavy (non-hydrogen) atoms. The van der Waals surface area contributed by atoms with E-state index < -0.39 is 5.60 Å². The average molecular weight is 332 g/mol. The number of rotatable bonds is 3. The topological polar surface area (TPSA) is 50.7 Å². The average Bonchev–Trinajstić information content (AvgIpc) is 2.46. The third-order valence-electron chi connectivity index (χ3n) is 4.17. The van der Waals surface area contributed by atoms with Crippen molar-refractivity contribution in [3.05, 3.63) is 27.7 Å². The molecule has 2 heterocycles. The number of halogens is 2. The van der Waals surface area contributed by atoms with E-state index in [1.165, 1.54) is 0 Å². The van der Waals surface area contributed by atoms with E-state index in [4.69, 9.17) is 32.7 Å². The summed E-state index contributed by atoms with van der Waals surface area (Å²) in [6, 6.07) is 3.67. The van der Waals surface area contributed by atoms with Crippen LogP contribution in [0, 0.1) is 0 Å². The summed E-state index contributed by atoms with van der Waals surface area (Å²) < 4.78 is 10.9. The molecule has 2 aliphatic rings. The van der Waals surface area contributed by atoms with E-state index in [2.05, 4.69) is 5.32 Å². The predicted molar refractivity (Wildman–Crippen MR) is 82.3 cm³/mol. The van der Waals surface area contributed by atoms with E-state index >= 15 is 0 Å². The van der Waals surface area contributed by atoms with Gasteiger partial charge in [-0.2, -0.15) is 0 Å². The van der Waals surface area contributed by atoms with Crippen molar-refractivity contribution in [1.82, 2.24) is 5.32 Å². The standard InChI is InChI=1S/C15H19Cl2NO3/c16-10-7-11-13(1-4-21-14(11)12(17)8-10)18-9-15(19)2-5-20-6-3-15/h7-8,13,18-19H,1-6,9H2. The van der Waals surface area contributed by atoms with Crippen molar-refractivity contribution in [2.75, 3.05) is 26.4 Å². The molecule has 0 amide bonds. The highest BCUT2D eigenvalue weighted by Gasteiger charge is 2.32. The molecule has 2 aliphatic heterocycles. The first-order chi connectivity index (χ1) is 10.1. The molecule has 0 bridgehead atoms. The molecular weight excluding hydrogens is 313 g/mol. The van der Waals surface area contributed by atoms with Crippen LogP contribution in [0.3, 0.4) is 0 Å². The Morgan fingerprint density at radius 1 is 1.24 bits per heavy atom. The maximum absolute atomic E-state index is 10.5. The lowest BCUT2D eigenvalue weighted by Gasteiger charge is -2.35. The first kappa shape index (κ1) is 15.4. The van der Waals surface area contributed by atoms with Crippen LogP contribution in [0.1, 0.15) is 30.9 Å². The highest BCUT2D eigenvalue weighted by molar-refractivity contribution is 6.35.